The lowest BCUT2D eigenvalue weighted by Gasteiger charge is -2.12. The number of fused-ring (bicyclic) bond motifs is 1. The minimum Gasteiger partial charge on any atom is -0.478 e. The van der Waals surface area contributed by atoms with Crippen molar-refractivity contribution in [2.75, 3.05) is 13.7 Å². The summed E-state index contributed by atoms with van der Waals surface area (Å²) < 4.78 is 86.0. The largest absolute Gasteiger partial charge is 0.478 e. The number of aromatic nitrogens is 3. The zero-order valence-corrected chi connectivity index (χ0v) is 22.9. The van der Waals surface area contributed by atoms with Crippen LogP contribution in [0.5, 0.6) is 5.88 Å². The second-order valence-electron chi connectivity index (χ2n) is 9.77. The van der Waals surface area contributed by atoms with Gasteiger partial charge in [0.05, 0.1) is 23.4 Å². The maximum absolute atomic E-state index is 15.4. The molecule has 2 aromatic heterocycles. The molecule has 0 radical (unpaired) electrons. The fraction of sp³-hybridized carbons (Fsp3) is 0.194. The number of aryl methyl sites for hydroxylation is 1. The first-order valence-corrected chi connectivity index (χ1v) is 13.0. The van der Waals surface area contributed by atoms with Gasteiger partial charge in [-0.2, -0.15) is 0 Å². The van der Waals surface area contributed by atoms with Crippen LogP contribution in [0.1, 0.15) is 32.9 Å². The molecule has 0 saturated heterocycles. The van der Waals surface area contributed by atoms with E-state index in [1.165, 1.54) is 29.9 Å². The van der Waals surface area contributed by atoms with Crippen molar-refractivity contribution >= 4 is 17.0 Å². The Labute approximate surface area is 242 Å². The molecule has 12 heteroatoms. The van der Waals surface area contributed by atoms with E-state index >= 15 is 8.78 Å². The molecule has 0 aliphatic heterocycles. The molecule has 0 bridgehead atoms. The van der Waals surface area contributed by atoms with Gasteiger partial charge in [0.25, 0.3) is 5.88 Å². The molecule has 0 aliphatic carbocycles. The highest BCUT2D eigenvalue weighted by Crippen LogP contribution is 2.30. The van der Waals surface area contributed by atoms with E-state index in [0.29, 0.717) is 5.56 Å². The Hall–Kier alpha value is -4.84. The molecule has 0 fully saturated rings. The standard InChI is InChI=1S/C31H24F5N3O4/c1-16-3-4-17(22(33)9-16)15-43-30-21(32)5-6-26(37-30)20-14-23(34)18(10-24(20)35)13-28-38-29-25(36)11-19(31(40)41)12-27(29)39(28)7-8-42-2/h3-6,9-12,14H,7-8,13,15H2,1-2H3,(H,40,41). The van der Waals surface area contributed by atoms with E-state index in [-0.39, 0.29) is 71.0 Å². The zero-order chi connectivity index (χ0) is 30.8. The van der Waals surface area contributed by atoms with Gasteiger partial charge in [-0.05, 0) is 60.5 Å². The Bertz CT molecular complexity index is 1860. The number of halogens is 5. The SMILES string of the molecule is COCCn1c(Cc2cc(F)c(-c3ccc(F)c(OCc4ccc(C)cc4F)n3)cc2F)nc2c(F)cc(C(=O)O)cc21. The fourth-order valence-corrected chi connectivity index (χ4v) is 4.60. The summed E-state index contributed by atoms with van der Waals surface area (Å²) in [7, 11) is 1.44. The van der Waals surface area contributed by atoms with Gasteiger partial charge < -0.3 is 19.1 Å². The van der Waals surface area contributed by atoms with E-state index in [0.717, 1.165) is 30.3 Å². The van der Waals surface area contributed by atoms with Crippen LogP contribution in [0.3, 0.4) is 0 Å². The third-order valence-electron chi connectivity index (χ3n) is 6.80. The van der Waals surface area contributed by atoms with Gasteiger partial charge in [-0.3, -0.25) is 0 Å². The summed E-state index contributed by atoms with van der Waals surface area (Å²) in [6, 6.07) is 10.5. The Kier molecular flexibility index (Phi) is 8.40. The van der Waals surface area contributed by atoms with Crippen molar-refractivity contribution in [2.45, 2.75) is 26.5 Å². The van der Waals surface area contributed by atoms with Crippen molar-refractivity contribution in [3.63, 3.8) is 0 Å². The molecule has 3 aromatic carbocycles. The molecule has 43 heavy (non-hydrogen) atoms. The minimum absolute atomic E-state index is 0.123. The summed E-state index contributed by atoms with van der Waals surface area (Å²) in [4.78, 5) is 19.7. The number of carboxylic acid groups (broad SMARTS) is 1. The Morgan fingerprint density at radius 2 is 1.63 bits per heavy atom. The Balaban J connectivity index is 1.46. The highest BCUT2D eigenvalue weighted by molar-refractivity contribution is 5.92. The molecular formula is C31H24F5N3O4. The van der Waals surface area contributed by atoms with Gasteiger partial charge >= 0.3 is 5.97 Å². The lowest BCUT2D eigenvalue weighted by molar-refractivity contribution is 0.0696. The number of benzene rings is 3. The minimum atomic E-state index is -1.34. The molecule has 2 heterocycles. The van der Waals surface area contributed by atoms with Crippen LogP contribution in [0.4, 0.5) is 22.0 Å². The van der Waals surface area contributed by atoms with Gasteiger partial charge in [-0.25, -0.2) is 36.7 Å². The number of methoxy groups -OCH3 is 1. The highest BCUT2D eigenvalue weighted by atomic mass is 19.1. The van der Waals surface area contributed by atoms with Crippen LogP contribution in [0.2, 0.25) is 0 Å². The first-order chi connectivity index (χ1) is 20.5. The van der Waals surface area contributed by atoms with Gasteiger partial charge in [0, 0.05) is 31.2 Å². The van der Waals surface area contributed by atoms with Gasteiger partial charge in [0.15, 0.2) is 11.6 Å². The first kappa shape index (κ1) is 29.6. The number of carbonyl (C=O) groups is 1. The average Bonchev–Trinajstić information content (AvgIpc) is 3.31. The fourth-order valence-electron chi connectivity index (χ4n) is 4.60. The number of hydrogen-bond acceptors (Lipinski definition) is 5. The molecule has 0 unspecified atom stereocenters. The normalized spacial score (nSPS) is 11.3. The Morgan fingerprint density at radius 1 is 0.860 bits per heavy atom. The predicted octanol–water partition coefficient (Wildman–Crippen LogP) is 6.62. The molecule has 0 atom stereocenters. The summed E-state index contributed by atoms with van der Waals surface area (Å²) in [5.41, 5.74) is 0.0718. The number of ether oxygens (including phenoxy) is 2. The number of imidazole rings is 1. The molecule has 222 valence electrons. The highest BCUT2D eigenvalue weighted by Gasteiger charge is 2.21. The second-order valence-corrected chi connectivity index (χ2v) is 9.77. The predicted molar refractivity (Wildman–Crippen MR) is 146 cm³/mol. The van der Waals surface area contributed by atoms with Gasteiger partial charge in [-0.1, -0.05) is 12.1 Å². The molecule has 7 nitrogen and oxygen atoms in total. The molecule has 0 amide bonds. The van der Waals surface area contributed by atoms with E-state index < -0.39 is 40.9 Å². The van der Waals surface area contributed by atoms with Crippen LogP contribution in [0.25, 0.3) is 22.3 Å². The third-order valence-corrected chi connectivity index (χ3v) is 6.80. The zero-order valence-electron chi connectivity index (χ0n) is 22.9. The number of carboxylic acids is 1. The van der Waals surface area contributed by atoms with Gasteiger partial charge in [0.2, 0.25) is 0 Å². The second kappa shape index (κ2) is 12.2. The van der Waals surface area contributed by atoms with Crippen molar-refractivity contribution < 1.29 is 41.3 Å². The number of pyridine rings is 1. The van der Waals surface area contributed by atoms with Crippen molar-refractivity contribution in [3.8, 4) is 17.1 Å². The van der Waals surface area contributed by atoms with Crippen LogP contribution < -0.4 is 4.74 Å². The topological polar surface area (TPSA) is 86.5 Å². The van der Waals surface area contributed by atoms with Gasteiger partial charge in [-0.15, -0.1) is 0 Å². The Morgan fingerprint density at radius 3 is 2.35 bits per heavy atom. The summed E-state index contributed by atoms with van der Waals surface area (Å²) in [5, 5.41) is 9.34. The van der Waals surface area contributed by atoms with Crippen molar-refractivity contribution in [1.82, 2.24) is 14.5 Å². The van der Waals surface area contributed by atoms with Crippen molar-refractivity contribution in [2.24, 2.45) is 0 Å². The molecule has 0 spiro atoms. The molecule has 0 aliphatic rings. The summed E-state index contributed by atoms with van der Waals surface area (Å²) in [6.45, 7) is 1.67. The number of rotatable bonds is 10. The smallest absolute Gasteiger partial charge is 0.335 e. The van der Waals surface area contributed by atoms with E-state index in [1.807, 2.05) is 0 Å². The summed E-state index contributed by atoms with van der Waals surface area (Å²) in [6.07, 6.45) is -0.267. The van der Waals surface area contributed by atoms with E-state index in [9.17, 15) is 23.1 Å². The summed E-state index contributed by atoms with van der Waals surface area (Å²) >= 11 is 0. The van der Waals surface area contributed by atoms with Crippen LogP contribution in [-0.4, -0.2) is 39.3 Å². The number of nitrogens with zero attached hydrogens (tertiary/aromatic N) is 3. The monoisotopic (exact) mass is 597 g/mol. The maximum Gasteiger partial charge on any atom is 0.335 e. The molecule has 5 rings (SSSR count). The lowest BCUT2D eigenvalue weighted by atomic mass is 10.0. The summed E-state index contributed by atoms with van der Waals surface area (Å²) in [5.74, 6) is -5.72. The van der Waals surface area contributed by atoms with E-state index in [1.54, 1.807) is 13.0 Å². The number of aromatic carboxylic acids is 1. The first-order valence-electron chi connectivity index (χ1n) is 13.0. The quantitative estimate of drug-likeness (QED) is 0.182. The lowest BCUT2D eigenvalue weighted by Crippen LogP contribution is -2.10. The molecule has 5 aromatic rings. The van der Waals surface area contributed by atoms with Crippen LogP contribution in [-0.2, 0) is 24.3 Å². The van der Waals surface area contributed by atoms with Crippen molar-refractivity contribution in [3.05, 3.63) is 112 Å². The molecule has 1 N–H and O–H groups in total. The van der Waals surface area contributed by atoms with E-state index in [4.69, 9.17) is 9.47 Å². The molecular weight excluding hydrogens is 573 g/mol. The van der Waals surface area contributed by atoms with Crippen LogP contribution >= 0.6 is 0 Å². The maximum atomic E-state index is 15.4. The number of hydrogen-bond donors (Lipinski definition) is 1. The average molecular weight is 598 g/mol. The van der Waals surface area contributed by atoms with Crippen LogP contribution in [0.15, 0.2) is 54.6 Å². The van der Waals surface area contributed by atoms with E-state index in [2.05, 4.69) is 9.97 Å². The van der Waals surface area contributed by atoms with Gasteiger partial charge in [0.1, 0.15) is 35.4 Å². The third kappa shape index (κ3) is 6.19. The molecule has 0 saturated carbocycles. The van der Waals surface area contributed by atoms with Crippen molar-refractivity contribution in [1.29, 1.82) is 0 Å². The van der Waals surface area contributed by atoms with Crippen LogP contribution in [0, 0.1) is 36.0 Å².